The third-order valence-electron chi connectivity index (χ3n) is 2.16. The SMILES string of the molecule is Cc1ccc(OCCC(=O)OCCCO)cc1. The van der Waals surface area contributed by atoms with Gasteiger partial charge < -0.3 is 14.6 Å². The smallest absolute Gasteiger partial charge is 0.309 e. The minimum atomic E-state index is -0.300. The van der Waals surface area contributed by atoms with E-state index in [2.05, 4.69) is 0 Å². The Hall–Kier alpha value is -1.55. The third-order valence-corrected chi connectivity index (χ3v) is 2.16. The molecule has 94 valence electrons. The molecule has 1 N–H and O–H groups in total. The van der Waals surface area contributed by atoms with Crippen LogP contribution in [0.1, 0.15) is 18.4 Å². The normalized spacial score (nSPS) is 10.0. The maximum absolute atomic E-state index is 11.2. The molecule has 0 spiro atoms. The van der Waals surface area contributed by atoms with Gasteiger partial charge in [-0.2, -0.15) is 0 Å². The average Bonchev–Trinajstić information content (AvgIpc) is 2.32. The number of aryl methyl sites for hydroxylation is 1. The highest BCUT2D eigenvalue weighted by molar-refractivity contribution is 5.69. The predicted molar refractivity (Wildman–Crippen MR) is 64.0 cm³/mol. The van der Waals surface area contributed by atoms with Gasteiger partial charge in [0.2, 0.25) is 0 Å². The van der Waals surface area contributed by atoms with Crippen molar-refractivity contribution in [1.29, 1.82) is 0 Å². The van der Waals surface area contributed by atoms with Gasteiger partial charge in [-0.25, -0.2) is 0 Å². The fourth-order valence-corrected chi connectivity index (χ4v) is 1.21. The van der Waals surface area contributed by atoms with Gasteiger partial charge in [0, 0.05) is 13.0 Å². The van der Waals surface area contributed by atoms with Crippen LogP contribution in [0.25, 0.3) is 0 Å². The van der Waals surface area contributed by atoms with E-state index in [-0.39, 0.29) is 25.6 Å². The van der Waals surface area contributed by atoms with E-state index in [4.69, 9.17) is 14.6 Å². The molecule has 0 aliphatic rings. The van der Waals surface area contributed by atoms with Crippen molar-refractivity contribution in [3.63, 3.8) is 0 Å². The quantitative estimate of drug-likeness (QED) is 0.580. The van der Waals surface area contributed by atoms with Crippen LogP contribution in [0.4, 0.5) is 0 Å². The van der Waals surface area contributed by atoms with E-state index in [1.807, 2.05) is 31.2 Å². The van der Waals surface area contributed by atoms with E-state index in [0.717, 1.165) is 5.75 Å². The van der Waals surface area contributed by atoms with Crippen molar-refractivity contribution < 1.29 is 19.4 Å². The van der Waals surface area contributed by atoms with Crippen LogP contribution in [0.15, 0.2) is 24.3 Å². The lowest BCUT2D eigenvalue weighted by Gasteiger charge is -2.06. The monoisotopic (exact) mass is 238 g/mol. The summed E-state index contributed by atoms with van der Waals surface area (Å²) in [4.78, 5) is 11.2. The summed E-state index contributed by atoms with van der Waals surface area (Å²) in [6, 6.07) is 7.64. The standard InChI is InChI=1S/C13H18O4/c1-11-3-5-12(6-4-11)16-10-7-13(15)17-9-2-8-14/h3-6,14H,2,7-10H2,1H3. The van der Waals surface area contributed by atoms with E-state index >= 15 is 0 Å². The average molecular weight is 238 g/mol. The summed E-state index contributed by atoms with van der Waals surface area (Å²) in [7, 11) is 0. The Morgan fingerprint density at radius 1 is 1.24 bits per heavy atom. The Balaban J connectivity index is 2.14. The molecule has 0 radical (unpaired) electrons. The topological polar surface area (TPSA) is 55.8 Å². The molecule has 0 aromatic heterocycles. The number of carbonyl (C=O) groups excluding carboxylic acids is 1. The van der Waals surface area contributed by atoms with Gasteiger partial charge in [0.1, 0.15) is 5.75 Å². The molecule has 0 atom stereocenters. The van der Waals surface area contributed by atoms with Crippen LogP contribution in [-0.4, -0.2) is 30.9 Å². The van der Waals surface area contributed by atoms with Crippen molar-refractivity contribution in [2.75, 3.05) is 19.8 Å². The number of ether oxygens (including phenoxy) is 2. The number of carbonyl (C=O) groups is 1. The second-order valence-corrected chi connectivity index (χ2v) is 3.71. The fourth-order valence-electron chi connectivity index (χ4n) is 1.21. The molecule has 0 unspecified atom stereocenters. The Morgan fingerprint density at radius 3 is 2.59 bits per heavy atom. The summed E-state index contributed by atoms with van der Waals surface area (Å²) >= 11 is 0. The number of rotatable bonds is 7. The summed E-state index contributed by atoms with van der Waals surface area (Å²) in [6.07, 6.45) is 0.698. The lowest BCUT2D eigenvalue weighted by Crippen LogP contribution is -2.11. The van der Waals surface area contributed by atoms with Crippen LogP contribution in [0.2, 0.25) is 0 Å². The maximum atomic E-state index is 11.2. The number of hydrogen-bond acceptors (Lipinski definition) is 4. The summed E-state index contributed by atoms with van der Waals surface area (Å²) in [5.41, 5.74) is 1.17. The third kappa shape index (κ3) is 5.92. The zero-order valence-electron chi connectivity index (χ0n) is 10.0. The van der Waals surface area contributed by atoms with E-state index in [0.29, 0.717) is 13.0 Å². The van der Waals surface area contributed by atoms with Crippen molar-refractivity contribution in [1.82, 2.24) is 0 Å². The summed E-state index contributed by atoms with van der Waals surface area (Å²) < 4.78 is 10.2. The number of benzene rings is 1. The van der Waals surface area contributed by atoms with Crippen molar-refractivity contribution in [2.24, 2.45) is 0 Å². The predicted octanol–water partition coefficient (Wildman–Crippen LogP) is 1.69. The molecule has 17 heavy (non-hydrogen) atoms. The molecule has 4 nitrogen and oxygen atoms in total. The number of aliphatic hydroxyl groups is 1. The van der Waals surface area contributed by atoms with Crippen LogP contribution < -0.4 is 4.74 Å². The molecule has 0 heterocycles. The molecule has 1 aromatic carbocycles. The highest BCUT2D eigenvalue weighted by atomic mass is 16.5. The first kappa shape index (κ1) is 13.5. The second kappa shape index (κ2) is 7.68. The van der Waals surface area contributed by atoms with Crippen LogP contribution in [0.5, 0.6) is 5.75 Å². The maximum Gasteiger partial charge on any atom is 0.309 e. The molecule has 0 aliphatic heterocycles. The fraction of sp³-hybridized carbons (Fsp3) is 0.462. The minimum absolute atomic E-state index is 0.0349. The number of esters is 1. The van der Waals surface area contributed by atoms with Crippen LogP contribution in [-0.2, 0) is 9.53 Å². The molecule has 0 bridgehead atoms. The van der Waals surface area contributed by atoms with Gasteiger partial charge in [0.15, 0.2) is 0 Å². The first-order valence-electron chi connectivity index (χ1n) is 5.68. The molecule has 0 fully saturated rings. The van der Waals surface area contributed by atoms with Gasteiger partial charge in [0.25, 0.3) is 0 Å². The van der Waals surface area contributed by atoms with Crippen molar-refractivity contribution in [3.8, 4) is 5.75 Å². The van der Waals surface area contributed by atoms with Crippen molar-refractivity contribution >= 4 is 5.97 Å². The van der Waals surface area contributed by atoms with E-state index in [9.17, 15) is 4.79 Å². The lowest BCUT2D eigenvalue weighted by atomic mass is 10.2. The Labute approximate surface area is 101 Å². The molecule has 0 amide bonds. The second-order valence-electron chi connectivity index (χ2n) is 3.71. The molecule has 1 rings (SSSR count). The van der Waals surface area contributed by atoms with Crippen LogP contribution in [0.3, 0.4) is 0 Å². The Bertz CT molecular complexity index is 332. The molecule has 0 aliphatic carbocycles. The largest absolute Gasteiger partial charge is 0.493 e. The molecule has 0 saturated heterocycles. The van der Waals surface area contributed by atoms with Crippen LogP contribution >= 0.6 is 0 Å². The van der Waals surface area contributed by atoms with Crippen molar-refractivity contribution in [2.45, 2.75) is 19.8 Å². The van der Waals surface area contributed by atoms with E-state index in [1.165, 1.54) is 5.56 Å². The summed E-state index contributed by atoms with van der Waals surface area (Å²) in [5.74, 6) is 0.448. The molecule has 1 aromatic rings. The zero-order chi connectivity index (χ0) is 12.5. The van der Waals surface area contributed by atoms with Gasteiger partial charge in [-0.05, 0) is 19.1 Å². The number of aliphatic hydroxyl groups excluding tert-OH is 1. The van der Waals surface area contributed by atoms with Gasteiger partial charge in [0.05, 0.1) is 19.6 Å². The summed E-state index contributed by atoms with van der Waals surface area (Å²) in [6.45, 7) is 2.61. The molecular formula is C13H18O4. The van der Waals surface area contributed by atoms with Gasteiger partial charge in [-0.1, -0.05) is 17.7 Å². The highest BCUT2D eigenvalue weighted by Gasteiger charge is 2.02. The zero-order valence-corrected chi connectivity index (χ0v) is 10.0. The van der Waals surface area contributed by atoms with Gasteiger partial charge in [-0.15, -0.1) is 0 Å². The highest BCUT2D eigenvalue weighted by Crippen LogP contribution is 2.11. The van der Waals surface area contributed by atoms with Gasteiger partial charge >= 0.3 is 5.97 Å². The number of hydrogen-bond donors (Lipinski definition) is 1. The Morgan fingerprint density at radius 2 is 1.94 bits per heavy atom. The van der Waals surface area contributed by atoms with Crippen LogP contribution in [0, 0.1) is 6.92 Å². The Kier molecular flexibility index (Phi) is 6.10. The van der Waals surface area contributed by atoms with E-state index in [1.54, 1.807) is 0 Å². The molecule has 4 heteroatoms. The molecular weight excluding hydrogens is 220 g/mol. The minimum Gasteiger partial charge on any atom is -0.493 e. The first-order valence-corrected chi connectivity index (χ1v) is 5.68. The lowest BCUT2D eigenvalue weighted by molar-refractivity contribution is -0.144. The van der Waals surface area contributed by atoms with Crippen molar-refractivity contribution in [3.05, 3.63) is 29.8 Å². The first-order chi connectivity index (χ1) is 8.22. The molecule has 0 saturated carbocycles. The summed E-state index contributed by atoms with van der Waals surface area (Å²) in [5, 5.41) is 8.51. The van der Waals surface area contributed by atoms with E-state index < -0.39 is 0 Å². The van der Waals surface area contributed by atoms with Gasteiger partial charge in [-0.3, -0.25) is 4.79 Å².